The summed E-state index contributed by atoms with van der Waals surface area (Å²) in [4.78, 5) is 16.2. The van der Waals surface area contributed by atoms with Crippen molar-refractivity contribution in [1.82, 2.24) is 14.8 Å². The lowest BCUT2D eigenvalue weighted by atomic mass is 10.1. The summed E-state index contributed by atoms with van der Waals surface area (Å²) in [7, 11) is 0. The number of carbonyl (C=O) groups excluding carboxylic acids is 1. The van der Waals surface area contributed by atoms with E-state index in [1.165, 1.54) is 12.4 Å². The molecule has 0 aromatic carbocycles. The monoisotopic (exact) mass is 328 g/mol. The van der Waals surface area contributed by atoms with E-state index in [0.717, 1.165) is 5.69 Å². The van der Waals surface area contributed by atoms with Gasteiger partial charge in [-0.05, 0) is 39.3 Å². The number of aliphatic hydroxyl groups is 1. The Bertz CT molecular complexity index is 798. The number of urea groups is 1. The minimum absolute atomic E-state index is 0.318. The third-order valence-corrected chi connectivity index (χ3v) is 3.33. The smallest absolute Gasteiger partial charge is 0.324 e. The average Bonchev–Trinajstić information content (AvgIpc) is 2.80. The molecule has 8 heteroatoms. The van der Waals surface area contributed by atoms with E-state index in [2.05, 4.69) is 20.7 Å². The number of nitrogens with zero attached hydrogens (tertiary/aromatic N) is 4. The van der Waals surface area contributed by atoms with Crippen molar-refractivity contribution in [3.63, 3.8) is 0 Å². The fraction of sp³-hybridized carbons (Fsp3) is 0.375. The topological polar surface area (TPSA) is 116 Å². The Morgan fingerprint density at radius 1 is 1.38 bits per heavy atom. The molecule has 126 valence electrons. The zero-order chi connectivity index (χ0) is 17.9. The quantitative estimate of drug-likeness (QED) is 0.795. The summed E-state index contributed by atoms with van der Waals surface area (Å²) in [5.74, 6) is 0.382. The summed E-state index contributed by atoms with van der Waals surface area (Å²) in [6.45, 7) is 7.26. The van der Waals surface area contributed by atoms with Crippen LogP contribution in [-0.2, 0) is 6.54 Å². The van der Waals surface area contributed by atoms with Gasteiger partial charge in [-0.2, -0.15) is 10.4 Å². The first-order chi connectivity index (χ1) is 11.2. The fourth-order valence-corrected chi connectivity index (χ4v) is 2.12. The van der Waals surface area contributed by atoms with Gasteiger partial charge in [-0.1, -0.05) is 0 Å². The highest BCUT2D eigenvalue weighted by atomic mass is 16.3. The van der Waals surface area contributed by atoms with Crippen LogP contribution in [0.15, 0.2) is 18.5 Å². The van der Waals surface area contributed by atoms with Gasteiger partial charge in [-0.3, -0.25) is 10.00 Å². The number of hydrogen-bond acceptors (Lipinski definition) is 5. The molecular formula is C16H20N6O2. The van der Waals surface area contributed by atoms with Crippen molar-refractivity contribution >= 4 is 17.5 Å². The highest BCUT2D eigenvalue weighted by Crippen LogP contribution is 2.17. The molecule has 0 fully saturated rings. The van der Waals surface area contributed by atoms with Crippen LogP contribution in [0.2, 0.25) is 0 Å². The van der Waals surface area contributed by atoms with Crippen LogP contribution in [0.1, 0.15) is 30.7 Å². The van der Waals surface area contributed by atoms with Crippen molar-refractivity contribution < 1.29 is 9.90 Å². The standard InChI is InChI=1S/C16H20N6O2/c1-10-5-12(6-17)7-18-14(10)21-15(23)20-13-8-19-22(11(13)2)9-16(3,4)24/h5,7-8,24H,9H2,1-4H3,(H2,18,20,21,23). The van der Waals surface area contributed by atoms with Crippen molar-refractivity contribution in [1.29, 1.82) is 5.26 Å². The number of rotatable bonds is 4. The molecule has 0 saturated carbocycles. The lowest BCUT2D eigenvalue weighted by molar-refractivity contribution is 0.0571. The molecule has 3 N–H and O–H groups in total. The molecule has 0 aliphatic carbocycles. The summed E-state index contributed by atoms with van der Waals surface area (Å²) in [5.41, 5.74) is 1.50. The molecule has 0 atom stereocenters. The van der Waals surface area contributed by atoms with Crippen LogP contribution < -0.4 is 10.6 Å². The van der Waals surface area contributed by atoms with Gasteiger partial charge in [-0.15, -0.1) is 0 Å². The van der Waals surface area contributed by atoms with Gasteiger partial charge in [0.15, 0.2) is 0 Å². The Labute approximate surface area is 140 Å². The molecule has 2 aromatic heterocycles. The maximum atomic E-state index is 12.1. The number of aryl methyl sites for hydroxylation is 1. The molecule has 2 rings (SSSR count). The third kappa shape index (κ3) is 4.30. The van der Waals surface area contributed by atoms with Crippen LogP contribution >= 0.6 is 0 Å². The molecule has 0 bridgehead atoms. The SMILES string of the molecule is Cc1cc(C#N)cnc1NC(=O)Nc1cnn(CC(C)(C)O)c1C. The minimum Gasteiger partial charge on any atom is -0.389 e. The number of aromatic nitrogens is 3. The lowest BCUT2D eigenvalue weighted by Crippen LogP contribution is -2.27. The zero-order valence-corrected chi connectivity index (χ0v) is 14.1. The number of amides is 2. The Balaban J connectivity index is 2.07. The van der Waals surface area contributed by atoms with Crippen molar-refractivity contribution in [2.75, 3.05) is 10.6 Å². The van der Waals surface area contributed by atoms with Gasteiger partial charge in [0.05, 0.1) is 35.3 Å². The molecular weight excluding hydrogens is 308 g/mol. The van der Waals surface area contributed by atoms with E-state index in [0.29, 0.717) is 29.2 Å². The van der Waals surface area contributed by atoms with E-state index in [9.17, 15) is 9.90 Å². The number of pyridine rings is 1. The number of carbonyl (C=O) groups is 1. The molecule has 0 aliphatic rings. The minimum atomic E-state index is -0.903. The van der Waals surface area contributed by atoms with Crippen molar-refractivity contribution in [3.05, 3.63) is 35.3 Å². The van der Waals surface area contributed by atoms with Gasteiger partial charge in [-0.25, -0.2) is 9.78 Å². The van der Waals surface area contributed by atoms with Gasteiger partial charge in [0.25, 0.3) is 0 Å². The van der Waals surface area contributed by atoms with E-state index < -0.39 is 11.6 Å². The normalized spacial score (nSPS) is 11.0. The Morgan fingerprint density at radius 3 is 2.67 bits per heavy atom. The van der Waals surface area contributed by atoms with E-state index >= 15 is 0 Å². The second-order valence-corrected chi connectivity index (χ2v) is 6.19. The molecule has 24 heavy (non-hydrogen) atoms. The Hall–Kier alpha value is -2.92. The predicted molar refractivity (Wildman–Crippen MR) is 89.6 cm³/mol. The average molecular weight is 328 g/mol. The summed E-state index contributed by atoms with van der Waals surface area (Å²) < 4.78 is 1.63. The van der Waals surface area contributed by atoms with Crippen LogP contribution in [0.5, 0.6) is 0 Å². The van der Waals surface area contributed by atoms with Gasteiger partial charge in [0, 0.05) is 6.20 Å². The number of nitrogens with one attached hydrogen (secondary N) is 2. The van der Waals surface area contributed by atoms with Crippen molar-refractivity contribution in [2.24, 2.45) is 0 Å². The van der Waals surface area contributed by atoms with E-state index in [-0.39, 0.29) is 0 Å². The Morgan fingerprint density at radius 2 is 2.08 bits per heavy atom. The maximum Gasteiger partial charge on any atom is 0.324 e. The van der Waals surface area contributed by atoms with Gasteiger partial charge in [0.2, 0.25) is 0 Å². The fourth-order valence-electron chi connectivity index (χ4n) is 2.12. The summed E-state index contributed by atoms with van der Waals surface area (Å²) in [6.07, 6.45) is 2.93. The van der Waals surface area contributed by atoms with Crippen molar-refractivity contribution in [2.45, 2.75) is 39.8 Å². The van der Waals surface area contributed by atoms with Gasteiger partial charge in [0.1, 0.15) is 11.9 Å². The molecule has 0 spiro atoms. The predicted octanol–water partition coefficient (Wildman–Crippen LogP) is 2.18. The molecule has 0 saturated heterocycles. The second kappa shape index (κ2) is 6.68. The largest absolute Gasteiger partial charge is 0.389 e. The van der Waals surface area contributed by atoms with Crippen LogP contribution in [0.25, 0.3) is 0 Å². The van der Waals surface area contributed by atoms with E-state index in [1.807, 2.05) is 6.07 Å². The molecule has 2 amide bonds. The molecule has 8 nitrogen and oxygen atoms in total. The summed E-state index contributed by atoms with van der Waals surface area (Å²) >= 11 is 0. The number of nitriles is 1. The molecule has 0 aliphatic heterocycles. The first-order valence-electron chi connectivity index (χ1n) is 7.39. The zero-order valence-electron chi connectivity index (χ0n) is 14.1. The Kier molecular flexibility index (Phi) is 4.85. The van der Waals surface area contributed by atoms with Crippen LogP contribution in [0.4, 0.5) is 16.3 Å². The summed E-state index contributed by atoms with van der Waals surface area (Å²) in [6, 6.07) is 3.19. The van der Waals surface area contributed by atoms with Crippen LogP contribution in [0, 0.1) is 25.2 Å². The highest BCUT2D eigenvalue weighted by Gasteiger charge is 2.17. The molecule has 0 unspecified atom stereocenters. The van der Waals surface area contributed by atoms with Crippen LogP contribution in [-0.4, -0.2) is 31.5 Å². The molecule has 2 heterocycles. The van der Waals surface area contributed by atoms with E-state index in [4.69, 9.17) is 5.26 Å². The van der Waals surface area contributed by atoms with E-state index in [1.54, 1.807) is 38.4 Å². The summed E-state index contributed by atoms with van der Waals surface area (Å²) in [5, 5.41) is 28.2. The number of anilines is 2. The number of hydrogen-bond donors (Lipinski definition) is 3. The maximum absolute atomic E-state index is 12.1. The first kappa shape index (κ1) is 17.4. The second-order valence-electron chi connectivity index (χ2n) is 6.19. The van der Waals surface area contributed by atoms with Crippen molar-refractivity contribution in [3.8, 4) is 6.07 Å². The molecule has 2 aromatic rings. The highest BCUT2D eigenvalue weighted by molar-refractivity contribution is 5.99. The van der Waals surface area contributed by atoms with Gasteiger partial charge < -0.3 is 10.4 Å². The van der Waals surface area contributed by atoms with Gasteiger partial charge >= 0.3 is 6.03 Å². The first-order valence-corrected chi connectivity index (χ1v) is 7.39. The molecule has 0 radical (unpaired) electrons. The third-order valence-electron chi connectivity index (χ3n) is 3.33. The lowest BCUT2D eigenvalue weighted by Gasteiger charge is -2.18. The van der Waals surface area contributed by atoms with Crippen LogP contribution in [0.3, 0.4) is 0 Å².